The summed E-state index contributed by atoms with van der Waals surface area (Å²) in [4.78, 5) is 2.32. The Hall–Kier alpha value is -1.49. The molecular weight excluding hydrogens is 257 g/mol. The van der Waals surface area contributed by atoms with Crippen LogP contribution in [0.25, 0.3) is 0 Å². The highest BCUT2D eigenvalue weighted by Crippen LogP contribution is 2.28. The number of hydrogen-bond donors (Lipinski definition) is 2. The van der Waals surface area contributed by atoms with Crippen LogP contribution in [-0.4, -0.2) is 37.2 Å². The largest absolute Gasteiger partial charge is 0.491 e. The molecule has 114 valence electrons. The molecule has 20 heavy (non-hydrogen) atoms. The number of likely N-dealkylation sites (N-methyl/N-ethyl adjacent to an activating group) is 1. The van der Waals surface area contributed by atoms with Crippen LogP contribution in [-0.2, 0) is 0 Å². The highest BCUT2D eigenvalue weighted by molar-refractivity contribution is 5.69. The topological polar surface area (TPSA) is 50.5 Å². The van der Waals surface area contributed by atoms with Gasteiger partial charge in [-0.1, -0.05) is 13.8 Å². The fourth-order valence-corrected chi connectivity index (χ4v) is 2.14. The number of benzene rings is 1. The molecule has 0 fully saturated rings. The van der Waals surface area contributed by atoms with Crippen LogP contribution in [0.2, 0.25) is 0 Å². The number of anilines is 2. The van der Waals surface area contributed by atoms with E-state index in [1.807, 2.05) is 6.92 Å². The number of nitrogen functional groups attached to an aromatic ring is 1. The molecule has 0 amide bonds. The van der Waals surface area contributed by atoms with Gasteiger partial charge in [-0.2, -0.15) is 0 Å². The minimum absolute atomic E-state index is 0.220. The predicted octanol–water partition coefficient (Wildman–Crippen LogP) is 2.95. The summed E-state index contributed by atoms with van der Waals surface area (Å²) in [7, 11) is 0. The maximum atomic E-state index is 13.6. The van der Waals surface area contributed by atoms with E-state index in [1.165, 1.54) is 6.07 Å². The SMILES string of the molecule is CCOc1cc(NC(C)CN(CC)CC)c(N)cc1F. The van der Waals surface area contributed by atoms with Crippen molar-refractivity contribution in [3.63, 3.8) is 0 Å². The predicted molar refractivity (Wildman–Crippen MR) is 82.9 cm³/mol. The Bertz CT molecular complexity index is 422. The molecule has 0 radical (unpaired) electrons. The third-order valence-electron chi connectivity index (χ3n) is 3.23. The van der Waals surface area contributed by atoms with Gasteiger partial charge in [-0.05, 0) is 26.9 Å². The van der Waals surface area contributed by atoms with Crippen LogP contribution >= 0.6 is 0 Å². The molecule has 0 saturated carbocycles. The first-order chi connectivity index (χ1) is 9.51. The average Bonchev–Trinajstić information content (AvgIpc) is 2.41. The van der Waals surface area contributed by atoms with Crippen molar-refractivity contribution in [3.8, 4) is 5.75 Å². The summed E-state index contributed by atoms with van der Waals surface area (Å²) in [5.41, 5.74) is 6.98. The van der Waals surface area contributed by atoms with E-state index < -0.39 is 5.82 Å². The van der Waals surface area contributed by atoms with Gasteiger partial charge in [-0.3, -0.25) is 0 Å². The van der Waals surface area contributed by atoms with Crippen molar-refractivity contribution in [2.24, 2.45) is 0 Å². The molecule has 1 unspecified atom stereocenters. The molecule has 0 aliphatic rings. The van der Waals surface area contributed by atoms with Crippen molar-refractivity contribution in [1.82, 2.24) is 4.90 Å². The fourth-order valence-electron chi connectivity index (χ4n) is 2.14. The van der Waals surface area contributed by atoms with E-state index in [4.69, 9.17) is 10.5 Å². The zero-order valence-electron chi connectivity index (χ0n) is 12.9. The summed E-state index contributed by atoms with van der Waals surface area (Å²) in [6.07, 6.45) is 0. The van der Waals surface area contributed by atoms with E-state index in [9.17, 15) is 4.39 Å². The van der Waals surface area contributed by atoms with Gasteiger partial charge in [0.1, 0.15) is 0 Å². The van der Waals surface area contributed by atoms with Crippen LogP contribution in [0.1, 0.15) is 27.7 Å². The lowest BCUT2D eigenvalue weighted by Gasteiger charge is -2.25. The van der Waals surface area contributed by atoms with E-state index in [-0.39, 0.29) is 11.8 Å². The molecule has 5 heteroatoms. The maximum absolute atomic E-state index is 13.6. The molecular formula is C15H26FN3O. The van der Waals surface area contributed by atoms with Gasteiger partial charge >= 0.3 is 0 Å². The zero-order valence-corrected chi connectivity index (χ0v) is 12.9. The van der Waals surface area contributed by atoms with E-state index in [0.29, 0.717) is 12.3 Å². The number of nitrogens with two attached hydrogens (primary N) is 1. The minimum atomic E-state index is -0.425. The molecule has 1 atom stereocenters. The standard InChI is InChI=1S/C15H26FN3O/c1-5-19(6-2)10-11(4)18-14-9-15(20-7-3)12(16)8-13(14)17/h8-9,11,18H,5-7,10,17H2,1-4H3. The summed E-state index contributed by atoms with van der Waals surface area (Å²) in [5, 5.41) is 3.32. The van der Waals surface area contributed by atoms with Crippen molar-refractivity contribution < 1.29 is 9.13 Å². The number of nitrogens with one attached hydrogen (secondary N) is 1. The third kappa shape index (κ3) is 4.56. The van der Waals surface area contributed by atoms with Gasteiger partial charge < -0.3 is 20.7 Å². The van der Waals surface area contributed by atoms with Gasteiger partial charge in [0.2, 0.25) is 0 Å². The summed E-state index contributed by atoms with van der Waals surface area (Å²) >= 11 is 0. The Labute approximate surface area is 121 Å². The number of hydrogen-bond acceptors (Lipinski definition) is 4. The van der Waals surface area contributed by atoms with E-state index in [2.05, 4.69) is 31.0 Å². The van der Waals surface area contributed by atoms with Crippen LogP contribution in [0.4, 0.5) is 15.8 Å². The van der Waals surface area contributed by atoms with E-state index in [0.717, 1.165) is 25.3 Å². The van der Waals surface area contributed by atoms with Crippen LogP contribution in [0.5, 0.6) is 5.75 Å². The third-order valence-corrected chi connectivity index (χ3v) is 3.23. The second-order valence-corrected chi connectivity index (χ2v) is 4.83. The lowest BCUT2D eigenvalue weighted by molar-refractivity contribution is 0.294. The minimum Gasteiger partial charge on any atom is -0.491 e. The Morgan fingerprint density at radius 3 is 2.50 bits per heavy atom. The Morgan fingerprint density at radius 1 is 1.30 bits per heavy atom. The first-order valence-corrected chi connectivity index (χ1v) is 7.22. The number of halogens is 1. The van der Waals surface area contributed by atoms with E-state index in [1.54, 1.807) is 6.07 Å². The first-order valence-electron chi connectivity index (χ1n) is 7.22. The first kappa shape index (κ1) is 16.6. The Morgan fingerprint density at radius 2 is 1.95 bits per heavy atom. The van der Waals surface area contributed by atoms with Crippen molar-refractivity contribution in [3.05, 3.63) is 17.9 Å². The van der Waals surface area contributed by atoms with Crippen molar-refractivity contribution in [1.29, 1.82) is 0 Å². The van der Waals surface area contributed by atoms with Crippen LogP contribution in [0.15, 0.2) is 12.1 Å². The Kier molecular flexibility index (Phi) is 6.58. The number of nitrogens with zero attached hydrogens (tertiary/aromatic N) is 1. The molecule has 0 saturated heterocycles. The van der Waals surface area contributed by atoms with Gasteiger partial charge in [-0.25, -0.2) is 4.39 Å². The molecule has 0 spiro atoms. The van der Waals surface area contributed by atoms with Crippen LogP contribution in [0, 0.1) is 5.82 Å². The van der Waals surface area contributed by atoms with Crippen molar-refractivity contribution in [2.75, 3.05) is 37.3 Å². The maximum Gasteiger partial charge on any atom is 0.167 e. The highest BCUT2D eigenvalue weighted by Gasteiger charge is 2.12. The second-order valence-electron chi connectivity index (χ2n) is 4.83. The number of ether oxygens (including phenoxy) is 1. The highest BCUT2D eigenvalue weighted by atomic mass is 19.1. The molecule has 0 aliphatic carbocycles. The fraction of sp³-hybridized carbons (Fsp3) is 0.600. The van der Waals surface area contributed by atoms with E-state index >= 15 is 0 Å². The van der Waals surface area contributed by atoms with Gasteiger partial charge in [0.05, 0.1) is 18.0 Å². The number of rotatable bonds is 8. The molecule has 4 nitrogen and oxygen atoms in total. The second kappa shape index (κ2) is 7.94. The molecule has 1 rings (SSSR count). The van der Waals surface area contributed by atoms with Crippen LogP contribution < -0.4 is 15.8 Å². The quantitative estimate of drug-likeness (QED) is 0.720. The van der Waals surface area contributed by atoms with Crippen LogP contribution in [0.3, 0.4) is 0 Å². The average molecular weight is 283 g/mol. The molecule has 0 aromatic heterocycles. The molecule has 0 bridgehead atoms. The van der Waals surface area contributed by atoms with Gasteiger partial charge in [0.15, 0.2) is 11.6 Å². The summed E-state index contributed by atoms with van der Waals surface area (Å²) in [6.45, 7) is 11.5. The van der Waals surface area contributed by atoms with Crippen molar-refractivity contribution in [2.45, 2.75) is 33.7 Å². The zero-order chi connectivity index (χ0) is 15.1. The van der Waals surface area contributed by atoms with Gasteiger partial charge in [0, 0.05) is 24.7 Å². The Balaban J connectivity index is 2.78. The summed E-state index contributed by atoms with van der Waals surface area (Å²) < 4.78 is 18.9. The molecule has 0 aliphatic heterocycles. The van der Waals surface area contributed by atoms with Gasteiger partial charge in [0.25, 0.3) is 0 Å². The molecule has 3 N–H and O–H groups in total. The van der Waals surface area contributed by atoms with Crippen molar-refractivity contribution >= 4 is 11.4 Å². The molecule has 0 heterocycles. The van der Waals surface area contributed by atoms with Gasteiger partial charge in [-0.15, -0.1) is 0 Å². The monoisotopic (exact) mass is 283 g/mol. The summed E-state index contributed by atoms with van der Waals surface area (Å²) in [6, 6.07) is 3.15. The lowest BCUT2D eigenvalue weighted by atomic mass is 10.2. The summed E-state index contributed by atoms with van der Waals surface area (Å²) in [5.74, 6) is -0.189. The molecule has 1 aromatic carbocycles. The lowest BCUT2D eigenvalue weighted by Crippen LogP contribution is -2.34. The smallest absolute Gasteiger partial charge is 0.167 e. The normalized spacial score (nSPS) is 12.5. The molecule has 1 aromatic rings.